The Labute approximate surface area is 231 Å². The second-order valence-electron chi connectivity index (χ2n) is 10.9. The summed E-state index contributed by atoms with van der Waals surface area (Å²) in [5.74, 6) is 1.10. The number of pyridine rings is 1. The average Bonchev–Trinajstić information content (AvgIpc) is 2.95. The molecule has 0 aromatic carbocycles. The summed E-state index contributed by atoms with van der Waals surface area (Å²) in [7, 11) is 1.80. The Morgan fingerprint density at radius 2 is 1.42 bits per heavy atom. The van der Waals surface area contributed by atoms with E-state index in [4.69, 9.17) is 10.4 Å². The Kier molecular flexibility index (Phi) is 13.3. The molecule has 3 aliphatic rings. The molecule has 1 aliphatic carbocycles. The second kappa shape index (κ2) is 16.7. The summed E-state index contributed by atoms with van der Waals surface area (Å²) in [5.41, 5.74) is 0.536. The van der Waals surface area contributed by atoms with E-state index in [-0.39, 0.29) is 17.7 Å². The maximum absolute atomic E-state index is 12.9. The number of carbonyl (C=O) groups is 1. The molecule has 0 radical (unpaired) electrons. The number of hydrogen-bond donors (Lipinski definition) is 4. The Bertz CT molecular complexity index is 839. The van der Waals surface area contributed by atoms with Crippen LogP contribution in [-0.2, 0) is 4.79 Å². The predicted octanol–water partition coefficient (Wildman–Crippen LogP) is 5.11. The Morgan fingerprint density at radius 1 is 0.842 bits per heavy atom. The van der Waals surface area contributed by atoms with E-state index < -0.39 is 0 Å². The van der Waals surface area contributed by atoms with Gasteiger partial charge in [-0.1, -0.05) is 52.4 Å². The van der Waals surface area contributed by atoms with Crippen LogP contribution in [0.25, 0.3) is 0 Å². The molecule has 2 saturated heterocycles. The molecule has 38 heavy (non-hydrogen) atoms. The molecule has 2 aliphatic heterocycles. The normalized spacial score (nSPS) is 20.4. The van der Waals surface area contributed by atoms with Gasteiger partial charge in [0.15, 0.2) is 0 Å². The summed E-state index contributed by atoms with van der Waals surface area (Å²) in [4.78, 5) is 22.8. The Balaban J connectivity index is 0.00000195. The summed E-state index contributed by atoms with van der Waals surface area (Å²) >= 11 is 0. The van der Waals surface area contributed by atoms with Crippen molar-refractivity contribution < 1.29 is 4.79 Å². The van der Waals surface area contributed by atoms with Crippen molar-refractivity contribution >= 4 is 23.3 Å². The van der Waals surface area contributed by atoms with Crippen molar-refractivity contribution in [2.75, 3.05) is 56.9 Å². The minimum atomic E-state index is -0.305. The standard InChI is InChI=1S/C28H47N7O.C2H6/c1-30-27-24(12-13-25(33-27)31-22-10-6-3-2-4-7-11-22)26(29)28(36)32-23-14-18-35(19-15-23)21-20-34-16-8-5-9-17-34;1-2/h12-13,22-23,29H,2-11,14-21H2,1H3,(H,32,36)(H2,30,31,33);1-2H3. The lowest BCUT2D eigenvalue weighted by Gasteiger charge is -2.34. The molecule has 0 spiro atoms. The molecule has 0 unspecified atom stereocenters. The highest BCUT2D eigenvalue weighted by atomic mass is 16.1. The van der Waals surface area contributed by atoms with Crippen LogP contribution in [0.1, 0.15) is 96.5 Å². The largest absolute Gasteiger partial charge is 0.373 e. The lowest BCUT2D eigenvalue weighted by molar-refractivity contribution is -0.115. The van der Waals surface area contributed by atoms with E-state index in [1.165, 1.54) is 77.3 Å². The van der Waals surface area contributed by atoms with Crippen LogP contribution >= 0.6 is 0 Å². The molecule has 214 valence electrons. The van der Waals surface area contributed by atoms with Crippen molar-refractivity contribution in [2.24, 2.45) is 0 Å². The molecular formula is C30H53N7O. The third-order valence-corrected chi connectivity index (χ3v) is 8.19. The maximum Gasteiger partial charge on any atom is 0.270 e. The first-order valence-corrected chi connectivity index (χ1v) is 15.4. The van der Waals surface area contributed by atoms with Crippen molar-refractivity contribution in [1.29, 1.82) is 5.41 Å². The number of carbonyl (C=O) groups excluding carboxylic acids is 1. The predicted molar refractivity (Wildman–Crippen MR) is 160 cm³/mol. The molecule has 1 aromatic heterocycles. The van der Waals surface area contributed by atoms with Gasteiger partial charge < -0.3 is 25.8 Å². The highest BCUT2D eigenvalue weighted by Gasteiger charge is 2.24. The van der Waals surface area contributed by atoms with E-state index in [1.807, 2.05) is 26.0 Å². The van der Waals surface area contributed by atoms with Crippen molar-refractivity contribution in [3.63, 3.8) is 0 Å². The Morgan fingerprint density at radius 3 is 2.05 bits per heavy atom. The van der Waals surface area contributed by atoms with Gasteiger partial charge in [-0.15, -0.1) is 0 Å². The molecule has 1 amide bonds. The Hall–Kier alpha value is -2.19. The number of nitrogens with zero attached hydrogens (tertiary/aromatic N) is 3. The van der Waals surface area contributed by atoms with E-state index >= 15 is 0 Å². The first-order valence-electron chi connectivity index (χ1n) is 15.4. The first kappa shape index (κ1) is 30.4. The van der Waals surface area contributed by atoms with Gasteiger partial charge in [-0.05, 0) is 63.7 Å². The van der Waals surface area contributed by atoms with Crippen LogP contribution in [0.3, 0.4) is 0 Å². The SMILES string of the molecule is CC.CNc1nc(NC2CCCCCCC2)ccc1C(=N)C(=O)NC1CCN(CCN2CCCCC2)CC1. The van der Waals surface area contributed by atoms with Crippen LogP contribution in [0.15, 0.2) is 12.1 Å². The molecule has 1 saturated carbocycles. The van der Waals surface area contributed by atoms with Crippen LogP contribution < -0.4 is 16.0 Å². The molecule has 8 nitrogen and oxygen atoms in total. The summed E-state index contributed by atoms with van der Waals surface area (Å²) in [6.45, 7) is 10.8. The maximum atomic E-state index is 12.9. The lowest BCUT2D eigenvalue weighted by atomic mass is 9.97. The zero-order chi connectivity index (χ0) is 27.2. The summed E-state index contributed by atoms with van der Waals surface area (Å²) in [6.07, 6.45) is 14.8. The van der Waals surface area contributed by atoms with Gasteiger partial charge in [0, 0.05) is 50.9 Å². The minimum absolute atomic E-state index is 0.0168. The number of amides is 1. The van der Waals surface area contributed by atoms with Crippen molar-refractivity contribution in [3.8, 4) is 0 Å². The molecule has 4 rings (SSSR count). The number of anilines is 2. The number of likely N-dealkylation sites (tertiary alicyclic amines) is 2. The molecule has 8 heteroatoms. The fourth-order valence-corrected chi connectivity index (χ4v) is 5.89. The summed E-state index contributed by atoms with van der Waals surface area (Å²) in [6, 6.07) is 4.35. The van der Waals surface area contributed by atoms with E-state index in [0.717, 1.165) is 44.8 Å². The summed E-state index contributed by atoms with van der Waals surface area (Å²) < 4.78 is 0. The monoisotopic (exact) mass is 527 g/mol. The number of nitrogens with one attached hydrogen (secondary N) is 4. The highest BCUT2D eigenvalue weighted by molar-refractivity contribution is 6.45. The fourth-order valence-electron chi connectivity index (χ4n) is 5.89. The van der Waals surface area contributed by atoms with Gasteiger partial charge in [0.1, 0.15) is 17.3 Å². The quantitative estimate of drug-likeness (QED) is 0.333. The van der Waals surface area contributed by atoms with Crippen LogP contribution in [0.5, 0.6) is 0 Å². The van der Waals surface area contributed by atoms with Gasteiger partial charge in [0.25, 0.3) is 5.91 Å². The van der Waals surface area contributed by atoms with Crippen molar-refractivity contribution in [2.45, 2.75) is 103 Å². The van der Waals surface area contributed by atoms with Crippen LogP contribution in [0, 0.1) is 5.41 Å². The van der Waals surface area contributed by atoms with Gasteiger partial charge in [-0.25, -0.2) is 4.98 Å². The molecule has 3 heterocycles. The number of rotatable bonds is 9. The molecule has 0 atom stereocenters. The molecule has 3 fully saturated rings. The van der Waals surface area contributed by atoms with Gasteiger partial charge in [-0.3, -0.25) is 10.2 Å². The van der Waals surface area contributed by atoms with Gasteiger partial charge in [0.05, 0.1) is 0 Å². The van der Waals surface area contributed by atoms with Crippen LogP contribution in [-0.4, -0.2) is 84.8 Å². The zero-order valence-electron chi connectivity index (χ0n) is 24.3. The number of piperidine rings is 2. The molecule has 4 N–H and O–H groups in total. The van der Waals surface area contributed by atoms with Crippen LogP contribution in [0.2, 0.25) is 0 Å². The van der Waals surface area contributed by atoms with Crippen LogP contribution in [0.4, 0.5) is 11.6 Å². The average molecular weight is 528 g/mol. The van der Waals surface area contributed by atoms with Gasteiger partial charge in [-0.2, -0.15) is 0 Å². The number of aromatic nitrogens is 1. The van der Waals surface area contributed by atoms with Gasteiger partial charge >= 0.3 is 0 Å². The van der Waals surface area contributed by atoms with E-state index in [2.05, 4.69) is 25.8 Å². The zero-order valence-corrected chi connectivity index (χ0v) is 24.3. The molecule has 1 aromatic rings. The van der Waals surface area contributed by atoms with Crippen molar-refractivity contribution in [3.05, 3.63) is 17.7 Å². The van der Waals surface area contributed by atoms with Crippen molar-refractivity contribution in [1.82, 2.24) is 20.1 Å². The minimum Gasteiger partial charge on any atom is -0.373 e. The highest BCUT2D eigenvalue weighted by Crippen LogP contribution is 2.23. The number of hydrogen-bond acceptors (Lipinski definition) is 7. The summed E-state index contributed by atoms with van der Waals surface area (Å²) in [5, 5.41) is 18.4. The first-order chi connectivity index (χ1) is 18.6. The van der Waals surface area contributed by atoms with E-state index in [1.54, 1.807) is 7.05 Å². The smallest absolute Gasteiger partial charge is 0.270 e. The topological polar surface area (TPSA) is 96.4 Å². The second-order valence-corrected chi connectivity index (χ2v) is 10.9. The fraction of sp³-hybridized carbons (Fsp3) is 0.767. The third kappa shape index (κ3) is 9.53. The molecule has 0 bridgehead atoms. The third-order valence-electron chi connectivity index (χ3n) is 8.19. The van der Waals surface area contributed by atoms with E-state index in [0.29, 0.717) is 17.4 Å². The molecular weight excluding hydrogens is 474 g/mol. The van der Waals surface area contributed by atoms with Gasteiger partial charge in [0.2, 0.25) is 0 Å². The lowest BCUT2D eigenvalue weighted by Crippen LogP contribution is -2.48. The van der Waals surface area contributed by atoms with E-state index in [9.17, 15) is 4.79 Å².